The van der Waals surface area contributed by atoms with Gasteiger partial charge in [0, 0.05) is 18.3 Å². The van der Waals surface area contributed by atoms with Gasteiger partial charge in [-0.1, -0.05) is 23.8 Å². The summed E-state index contributed by atoms with van der Waals surface area (Å²) in [7, 11) is -3.75. The van der Waals surface area contributed by atoms with E-state index in [1.807, 2.05) is 6.92 Å². The Kier molecular flexibility index (Phi) is 5.70. The molecule has 28 heavy (non-hydrogen) atoms. The molecule has 0 fully saturated rings. The first kappa shape index (κ1) is 19.5. The number of anilines is 1. The average Bonchev–Trinajstić information content (AvgIpc) is 2.69. The molecular weight excluding hydrogens is 376 g/mol. The van der Waals surface area contributed by atoms with Crippen LogP contribution in [0.5, 0.6) is 0 Å². The minimum Gasteiger partial charge on any atom is -0.348 e. The predicted molar refractivity (Wildman–Crippen MR) is 106 cm³/mol. The van der Waals surface area contributed by atoms with Crippen molar-refractivity contribution in [2.24, 2.45) is 0 Å². The number of hydrogen-bond donors (Lipinski definition) is 2. The first-order valence-electron chi connectivity index (χ1n) is 8.59. The number of rotatable bonds is 6. The van der Waals surface area contributed by atoms with Gasteiger partial charge in [-0.25, -0.2) is 8.42 Å². The molecular formula is C20H20N4O3S. The number of carbonyl (C=O) groups is 1. The summed E-state index contributed by atoms with van der Waals surface area (Å²) in [5.41, 5.74) is 3.22. The molecule has 1 heterocycles. The number of nitrogens with one attached hydrogen (secondary N) is 2. The van der Waals surface area contributed by atoms with Crippen LogP contribution in [0.2, 0.25) is 0 Å². The van der Waals surface area contributed by atoms with E-state index < -0.39 is 10.0 Å². The van der Waals surface area contributed by atoms with Crippen molar-refractivity contribution in [2.75, 3.05) is 4.72 Å². The normalized spacial score (nSPS) is 11.1. The number of nitrogens with zero attached hydrogens (tertiary/aromatic N) is 2. The van der Waals surface area contributed by atoms with E-state index in [2.05, 4.69) is 20.2 Å². The quantitative estimate of drug-likeness (QED) is 0.667. The lowest BCUT2D eigenvalue weighted by Gasteiger charge is -2.13. The van der Waals surface area contributed by atoms with Crippen molar-refractivity contribution in [3.05, 3.63) is 83.2 Å². The van der Waals surface area contributed by atoms with Crippen molar-refractivity contribution in [1.82, 2.24) is 15.5 Å². The summed E-state index contributed by atoms with van der Waals surface area (Å²) in [6.07, 6.45) is 3.11. The standard InChI is InChI=1S/C20H20N4O3S/c1-14-3-7-18(8-4-14)28(26,27)24-19-11-17(6-5-15(19)2)20(25)21-12-16-9-10-22-23-13-16/h3-11,13,24H,12H2,1-2H3,(H,21,25). The highest BCUT2D eigenvalue weighted by Gasteiger charge is 2.16. The molecule has 0 aliphatic heterocycles. The van der Waals surface area contributed by atoms with Crippen molar-refractivity contribution in [2.45, 2.75) is 25.3 Å². The molecule has 7 nitrogen and oxygen atoms in total. The first-order chi connectivity index (χ1) is 13.3. The molecule has 0 saturated heterocycles. The van der Waals surface area contributed by atoms with Gasteiger partial charge in [0.15, 0.2) is 0 Å². The summed E-state index contributed by atoms with van der Waals surface area (Å²) in [6.45, 7) is 3.96. The lowest BCUT2D eigenvalue weighted by molar-refractivity contribution is 0.0951. The van der Waals surface area contributed by atoms with Crippen LogP contribution in [-0.2, 0) is 16.6 Å². The molecule has 0 spiro atoms. The summed E-state index contributed by atoms with van der Waals surface area (Å²) in [5, 5.41) is 10.2. The minimum absolute atomic E-state index is 0.164. The number of carbonyl (C=O) groups excluding carboxylic acids is 1. The Morgan fingerprint density at radius 2 is 1.75 bits per heavy atom. The van der Waals surface area contributed by atoms with Crippen LogP contribution in [0.1, 0.15) is 27.0 Å². The lowest BCUT2D eigenvalue weighted by atomic mass is 10.1. The Hall–Kier alpha value is -3.26. The van der Waals surface area contributed by atoms with E-state index in [9.17, 15) is 13.2 Å². The van der Waals surface area contributed by atoms with Crippen molar-refractivity contribution >= 4 is 21.6 Å². The van der Waals surface area contributed by atoms with E-state index in [4.69, 9.17) is 0 Å². The van der Waals surface area contributed by atoms with Crippen molar-refractivity contribution in [3.8, 4) is 0 Å². The third kappa shape index (κ3) is 4.72. The molecule has 0 saturated carbocycles. The maximum atomic E-state index is 12.6. The number of aryl methyl sites for hydroxylation is 2. The summed E-state index contributed by atoms with van der Waals surface area (Å²) in [5.74, 6) is -0.312. The highest BCUT2D eigenvalue weighted by atomic mass is 32.2. The fourth-order valence-corrected chi connectivity index (χ4v) is 3.62. The van der Waals surface area contributed by atoms with Crippen molar-refractivity contribution in [3.63, 3.8) is 0 Å². The zero-order chi connectivity index (χ0) is 20.1. The monoisotopic (exact) mass is 396 g/mol. The molecule has 0 radical (unpaired) electrons. The van der Waals surface area contributed by atoms with Crippen LogP contribution in [0.4, 0.5) is 5.69 Å². The van der Waals surface area contributed by atoms with Crippen LogP contribution in [-0.4, -0.2) is 24.5 Å². The van der Waals surface area contributed by atoms with Gasteiger partial charge in [0.25, 0.3) is 15.9 Å². The van der Waals surface area contributed by atoms with Crippen LogP contribution in [0.3, 0.4) is 0 Å². The van der Waals surface area contributed by atoms with Crippen LogP contribution in [0.15, 0.2) is 65.8 Å². The molecule has 1 amide bonds. The predicted octanol–water partition coefficient (Wildman–Crippen LogP) is 2.82. The number of benzene rings is 2. The van der Waals surface area contributed by atoms with E-state index in [0.29, 0.717) is 23.4 Å². The Morgan fingerprint density at radius 1 is 1.00 bits per heavy atom. The second kappa shape index (κ2) is 8.18. The Morgan fingerprint density at radius 3 is 2.43 bits per heavy atom. The molecule has 3 rings (SSSR count). The van der Waals surface area contributed by atoms with Crippen LogP contribution in [0.25, 0.3) is 0 Å². The highest BCUT2D eigenvalue weighted by molar-refractivity contribution is 7.92. The summed E-state index contributed by atoms with van der Waals surface area (Å²) >= 11 is 0. The molecule has 0 unspecified atom stereocenters. The molecule has 3 aromatic rings. The largest absolute Gasteiger partial charge is 0.348 e. The number of amides is 1. The van der Waals surface area contributed by atoms with Crippen molar-refractivity contribution < 1.29 is 13.2 Å². The summed E-state index contributed by atoms with van der Waals surface area (Å²) in [6, 6.07) is 13.2. The number of sulfonamides is 1. The molecule has 0 bridgehead atoms. The first-order valence-corrected chi connectivity index (χ1v) is 10.1. The average molecular weight is 396 g/mol. The molecule has 144 valence electrons. The van der Waals surface area contributed by atoms with Crippen LogP contribution >= 0.6 is 0 Å². The molecule has 2 aromatic carbocycles. The highest BCUT2D eigenvalue weighted by Crippen LogP contribution is 2.21. The Labute approximate surface area is 163 Å². The summed E-state index contributed by atoms with van der Waals surface area (Å²) < 4.78 is 27.8. The van der Waals surface area contributed by atoms with Gasteiger partial charge in [-0.05, 0) is 55.3 Å². The van der Waals surface area contributed by atoms with E-state index in [1.165, 1.54) is 6.07 Å². The van der Waals surface area contributed by atoms with Crippen LogP contribution < -0.4 is 10.0 Å². The zero-order valence-corrected chi connectivity index (χ0v) is 16.3. The third-order valence-corrected chi connectivity index (χ3v) is 5.56. The maximum absolute atomic E-state index is 12.6. The molecule has 0 aliphatic carbocycles. The van der Waals surface area contributed by atoms with Gasteiger partial charge in [0.1, 0.15) is 0 Å². The second-order valence-corrected chi connectivity index (χ2v) is 8.06. The van der Waals surface area contributed by atoms with Gasteiger partial charge in [-0.2, -0.15) is 10.2 Å². The zero-order valence-electron chi connectivity index (χ0n) is 15.5. The molecule has 1 aromatic heterocycles. The van der Waals surface area contributed by atoms with Gasteiger partial charge in [-0.3, -0.25) is 9.52 Å². The van der Waals surface area contributed by atoms with E-state index in [1.54, 1.807) is 61.8 Å². The Bertz CT molecular complexity index is 1080. The molecule has 0 atom stereocenters. The van der Waals surface area contributed by atoms with E-state index >= 15 is 0 Å². The number of hydrogen-bond acceptors (Lipinski definition) is 5. The van der Waals surface area contributed by atoms with E-state index in [0.717, 1.165) is 11.1 Å². The molecule has 0 aliphatic rings. The molecule has 2 N–H and O–H groups in total. The van der Waals surface area contributed by atoms with Gasteiger partial charge < -0.3 is 5.32 Å². The van der Waals surface area contributed by atoms with Gasteiger partial charge in [0.2, 0.25) is 0 Å². The second-order valence-electron chi connectivity index (χ2n) is 6.38. The summed E-state index contributed by atoms with van der Waals surface area (Å²) in [4.78, 5) is 12.6. The van der Waals surface area contributed by atoms with Gasteiger partial charge >= 0.3 is 0 Å². The fourth-order valence-electron chi connectivity index (χ4n) is 2.50. The van der Waals surface area contributed by atoms with Crippen molar-refractivity contribution in [1.29, 1.82) is 0 Å². The smallest absolute Gasteiger partial charge is 0.261 e. The molecule has 8 heteroatoms. The van der Waals surface area contributed by atoms with E-state index in [-0.39, 0.29) is 10.8 Å². The van der Waals surface area contributed by atoms with Gasteiger partial charge in [0.05, 0.1) is 16.8 Å². The number of aromatic nitrogens is 2. The fraction of sp³-hybridized carbons (Fsp3) is 0.150. The Balaban J connectivity index is 1.77. The lowest BCUT2D eigenvalue weighted by Crippen LogP contribution is -2.23. The van der Waals surface area contributed by atoms with Crippen LogP contribution in [0, 0.1) is 13.8 Å². The minimum atomic E-state index is -3.75. The SMILES string of the molecule is Cc1ccc(S(=O)(=O)Nc2cc(C(=O)NCc3ccnnc3)ccc2C)cc1. The maximum Gasteiger partial charge on any atom is 0.261 e. The van der Waals surface area contributed by atoms with Gasteiger partial charge in [-0.15, -0.1) is 0 Å². The third-order valence-electron chi connectivity index (χ3n) is 4.17. The topological polar surface area (TPSA) is 101 Å².